The Bertz CT molecular complexity index is 1270. The standard InChI is InChI=1S/C18H14N4O4S/c1-2-26-18(23)16-19-17-15(20-21-16)13-10-6-7-11-14(13)22(17)27(24,25)12-8-4-3-5-9-12/h3-11H,2H2,1H3. The topological polar surface area (TPSA) is 104 Å². The minimum atomic E-state index is -3.97. The van der Waals surface area contributed by atoms with Crippen LogP contribution in [-0.4, -0.2) is 40.1 Å². The maximum atomic E-state index is 13.3. The summed E-state index contributed by atoms with van der Waals surface area (Å²) >= 11 is 0. The van der Waals surface area contributed by atoms with Crippen molar-refractivity contribution in [1.29, 1.82) is 0 Å². The van der Waals surface area contributed by atoms with Crippen molar-refractivity contribution >= 4 is 38.1 Å². The number of benzene rings is 2. The first-order valence-corrected chi connectivity index (χ1v) is 9.59. The van der Waals surface area contributed by atoms with E-state index in [-0.39, 0.29) is 28.5 Å². The number of carbonyl (C=O) groups is 1. The molecule has 2 aromatic heterocycles. The second-order valence-corrected chi connectivity index (χ2v) is 7.41. The van der Waals surface area contributed by atoms with Gasteiger partial charge in [-0.2, -0.15) is 4.98 Å². The number of rotatable bonds is 4. The van der Waals surface area contributed by atoms with E-state index in [1.54, 1.807) is 49.4 Å². The van der Waals surface area contributed by atoms with E-state index in [2.05, 4.69) is 15.2 Å². The molecule has 0 atom stereocenters. The first-order chi connectivity index (χ1) is 13.0. The van der Waals surface area contributed by atoms with Crippen LogP contribution >= 0.6 is 0 Å². The Labute approximate surface area is 154 Å². The van der Waals surface area contributed by atoms with Gasteiger partial charge in [-0.15, -0.1) is 10.2 Å². The van der Waals surface area contributed by atoms with Crippen LogP contribution in [0, 0.1) is 0 Å². The predicted molar refractivity (Wildman–Crippen MR) is 97.8 cm³/mol. The molecule has 0 aliphatic heterocycles. The van der Waals surface area contributed by atoms with Crippen molar-refractivity contribution in [2.24, 2.45) is 0 Å². The van der Waals surface area contributed by atoms with E-state index >= 15 is 0 Å². The lowest BCUT2D eigenvalue weighted by atomic mass is 10.2. The van der Waals surface area contributed by atoms with Gasteiger partial charge < -0.3 is 4.74 Å². The summed E-state index contributed by atoms with van der Waals surface area (Å²) in [7, 11) is -3.97. The summed E-state index contributed by atoms with van der Waals surface area (Å²) in [4.78, 5) is 16.2. The van der Waals surface area contributed by atoms with Gasteiger partial charge in [-0.3, -0.25) is 0 Å². The summed E-state index contributed by atoms with van der Waals surface area (Å²) in [5.41, 5.74) is 0.718. The number of para-hydroxylation sites is 1. The molecule has 8 nitrogen and oxygen atoms in total. The zero-order chi connectivity index (χ0) is 19.0. The van der Waals surface area contributed by atoms with E-state index in [0.717, 1.165) is 3.97 Å². The number of aromatic nitrogens is 4. The van der Waals surface area contributed by atoms with Crippen LogP contribution in [0.5, 0.6) is 0 Å². The van der Waals surface area contributed by atoms with E-state index in [1.165, 1.54) is 12.1 Å². The minimum Gasteiger partial charge on any atom is -0.460 e. The molecular formula is C18H14N4O4S. The van der Waals surface area contributed by atoms with E-state index in [1.807, 2.05) is 0 Å². The normalized spacial score (nSPS) is 11.7. The molecule has 9 heteroatoms. The SMILES string of the molecule is CCOC(=O)c1nnc2c3ccccc3n(S(=O)(=O)c3ccccc3)c2n1. The van der Waals surface area contributed by atoms with Crippen molar-refractivity contribution in [3.05, 3.63) is 60.4 Å². The average Bonchev–Trinajstić information content (AvgIpc) is 3.03. The fourth-order valence-electron chi connectivity index (χ4n) is 2.82. The second kappa shape index (κ2) is 6.44. The Balaban J connectivity index is 2.08. The third-order valence-corrected chi connectivity index (χ3v) is 5.70. The molecular weight excluding hydrogens is 368 g/mol. The summed E-state index contributed by atoms with van der Waals surface area (Å²) in [6.07, 6.45) is 0. The number of hydrogen-bond acceptors (Lipinski definition) is 7. The molecule has 4 rings (SSSR count). The van der Waals surface area contributed by atoms with E-state index in [0.29, 0.717) is 10.9 Å². The molecule has 0 aliphatic carbocycles. The number of hydrogen-bond donors (Lipinski definition) is 0. The molecule has 4 aromatic rings. The number of nitrogens with zero attached hydrogens (tertiary/aromatic N) is 4. The maximum Gasteiger partial charge on any atom is 0.378 e. The highest BCUT2D eigenvalue weighted by atomic mass is 32.2. The Hall–Kier alpha value is -3.33. The van der Waals surface area contributed by atoms with Crippen molar-refractivity contribution in [2.75, 3.05) is 6.61 Å². The molecule has 0 aliphatic rings. The number of carbonyl (C=O) groups excluding carboxylic acids is 1. The summed E-state index contributed by atoms with van der Waals surface area (Å²) in [6, 6.07) is 14.9. The van der Waals surface area contributed by atoms with E-state index < -0.39 is 16.0 Å². The van der Waals surface area contributed by atoms with Crippen LogP contribution in [0.25, 0.3) is 22.1 Å². The van der Waals surface area contributed by atoms with Crippen LogP contribution in [0.4, 0.5) is 0 Å². The highest BCUT2D eigenvalue weighted by Crippen LogP contribution is 2.29. The summed E-state index contributed by atoms with van der Waals surface area (Å²) in [6.45, 7) is 1.80. The summed E-state index contributed by atoms with van der Waals surface area (Å²) < 4.78 is 32.6. The van der Waals surface area contributed by atoms with Crippen LogP contribution in [0.1, 0.15) is 17.5 Å². The highest BCUT2D eigenvalue weighted by Gasteiger charge is 2.26. The molecule has 2 aromatic carbocycles. The summed E-state index contributed by atoms with van der Waals surface area (Å²) in [5.74, 6) is -1.06. The van der Waals surface area contributed by atoms with Gasteiger partial charge in [0, 0.05) is 5.39 Å². The molecule has 0 saturated carbocycles. The molecule has 2 heterocycles. The lowest BCUT2D eigenvalue weighted by Crippen LogP contribution is -2.16. The van der Waals surface area contributed by atoms with Crippen molar-refractivity contribution in [2.45, 2.75) is 11.8 Å². The minimum absolute atomic E-state index is 0.0260. The van der Waals surface area contributed by atoms with Gasteiger partial charge in [0.15, 0.2) is 5.65 Å². The Morgan fingerprint density at radius 1 is 1.04 bits per heavy atom. The van der Waals surface area contributed by atoms with Crippen molar-refractivity contribution in [3.63, 3.8) is 0 Å². The molecule has 0 fully saturated rings. The molecule has 0 amide bonds. The zero-order valence-corrected chi connectivity index (χ0v) is 15.0. The van der Waals surface area contributed by atoms with Crippen LogP contribution in [-0.2, 0) is 14.8 Å². The predicted octanol–water partition coefficient (Wildman–Crippen LogP) is 2.39. The maximum absolute atomic E-state index is 13.3. The lowest BCUT2D eigenvalue weighted by molar-refractivity contribution is 0.0511. The monoisotopic (exact) mass is 382 g/mol. The molecule has 0 bridgehead atoms. The molecule has 136 valence electrons. The van der Waals surface area contributed by atoms with Crippen LogP contribution in [0.15, 0.2) is 59.5 Å². The van der Waals surface area contributed by atoms with Gasteiger partial charge in [0.25, 0.3) is 15.8 Å². The van der Waals surface area contributed by atoms with Gasteiger partial charge in [-0.25, -0.2) is 17.2 Å². The van der Waals surface area contributed by atoms with Gasteiger partial charge in [0.2, 0.25) is 0 Å². The summed E-state index contributed by atoms with van der Waals surface area (Å²) in [5, 5.41) is 8.41. The van der Waals surface area contributed by atoms with Crippen molar-refractivity contribution in [1.82, 2.24) is 19.2 Å². The molecule has 0 unspecified atom stereocenters. The molecule has 0 saturated heterocycles. The van der Waals surface area contributed by atoms with Gasteiger partial charge in [-0.05, 0) is 25.1 Å². The third kappa shape index (κ3) is 2.72. The Kier molecular flexibility index (Phi) is 4.08. The fourth-order valence-corrected chi connectivity index (χ4v) is 4.31. The molecule has 0 N–H and O–H groups in total. The fraction of sp³-hybridized carbons (Fsp3) is 0.111. The first-order valence-electron chi connectivity index (χ1n) is 8.15. The Morgan fingerprint density at radius 2 is 1.74 bits per heavy atom. The van der Waals surface area contributed by atoms with Crippen LogP contribution in [0.2, 0.25) is 0 Å². The molecule has 0 spiro atoms. The van der Waals surface area contributed by atoms with E-state index in [9.17, 15) is 13.2 Å². The largest absolute Gasteiger partial charge is 0.460 e. The molecule has 27 heavy (non-hydrogen) atoms. The zero-order valence-electron chi connectivity index (χ0n) is 14.2. The number of ether oxygens (including phenoxy) is 1. The van der Waals surface area contributed by atoms with Crippen LogP contribution < -0.4 is 0 Å². The highest BCUT2D eigenvalue weighted by molar-refractivity contribution is 7.90. The first kappa shape index (κ1) is 17.1. The Morgan fingerprint density at radius 3 is 2.48 bits per heavy atom. The quantitative estimate of drug-likeness (QED) is 0.499. The van der Waals surface area contributed by atoms with Gasteiger partial charge in [0.1, 0.15) is 5.52 Å². The van der Waals surface area contributed by atoms with Gasteiger partial charge >= 0.3 is 5.97 Å². The van der Waals surface area contributed by atoms with Crippen LogP contribution in [0.3, 0.4) is 0 Å². The van der Waals surface area contributed by atoms with E-state index in [4.69, 9.17) is 4.74 Å². The van der Waals surface area contributed by atoms with Crippen molar-refractivity contribution < 1.29 is 17.9 Å². The van der Waals surface area contributed by atoms with Gasteiger partial charge in [0.05, 0.1) is 17.0 Å². The number of esters is 1. The average molecular weight is 382 g/mol. The third-order valence-electron chi connectivity index (χ3n) is 3.98. The van der Waals surface area contributed by atoms with Crippen molar-refractivity contribution in [3.8, 4) is 0 Å². The lowest BCUT2D eigenvalue weighted by Gasteiger charge is -2.08. The second-order valence-electron chi connectivity index (χ2n) is 5.63. The molecule has 0 radical (unpaired) electrons. The number of fused-ring (bicyclic) bond motifs is 3. The smallest absolute Gasteiger partial charge is 0.378 e. The van der Waals surface area contributed by atoms with Gasteiger partial charge in [-0.1, -0.05) is 36.4 Å².